The van der Waals surface area contributed by atoms with E-state index in [0.717, 1.165) is 37.0 Å². The first-order chi connectivity index (χ1) is 14.6. The maximum Gasteiger partial charge on any atom is 0.367 e. The summed E-state index contributed by atoms with van der Waals surface area (Å²) in [6.45, 7) is 5.65. The van der Waals surface area contributed by atoms with Crippen molar-refractivity contribution >= 4 is 34.3 Å². The van der Waals surface area contributed by atoms with Crippen LogP contribution in [0.4, 0.5) is 5.13 Å². The fourth-order valence-electron chi connectivity index (χ4n) is 3.75. The second-order valence-electron chi connectivity index (χ2n) is 8.80. The summed E-state index contributed by atoms with van der Waals surface area (Å²) in [4.78, 5) is 35.3. The van der Waals surface area contributed by atoms with E-state index >= 15 is 0 Å². The maximum atomic E-state index is 12.4. The van der Waals surface area contributed by atoms with Gasteiger partial charge in [-0.1, -0.05) is 23.5 Å². The number of benzene rings is 1. The lowest BCUT2D eigenvalue weighted by Crippen LogP contribution is -2.26. The molecule has 1 saturated carbocycles. The standard InChI is InChI=1S/C22H27N3O5S/c1-22(2,3)30-17(26)12-13-4-6-14(7-5-13)15-8-10-16(11-9-15)18(27)23-21-25-24-19(31-21)20(28)29/h8-11,13-14H,4-7,12H2,1-3H3,(H,28,29)(H,23,25,27)/t13-,14-. The average molecular weight is 446 g/mol. The maximum absolute atomic E-state index is 12.4. The topological polar surface area (TPSA) is 118 Å². The Morgan fingerprint density at radius 3 is 2.29 bits per heavy atom. The zero-order valence-electron chi connectivity index (χ0n) is 17.9. The van der Waals surface area contributed by atoms with E-state index in [1.165, 1.54) is 5.56 Å². The van der Waals surface area contributed by atoms with Gasteiger partial charge in [0.05, 0.1) is 0 Å². The summed E-state index contributed by atoms with van der Waals surface area (Å²) in [7, 11) is 0. The summed E-state index contributed by atoms with van der Waals surface area (Å²) in [5, 5.41) is 18.6. The Labute approximate surface area is 185 Å². The molecule has 0 unspecified atom stereocenters. The number of rotatable bonds is 6. The van der Waals surface area contributed by atoms with Gasteiger partial charge in [0.25, 0.3) is 5.91 Å². The highest BCUT2D eigenvalue weighted by Gasteiger charge is 2.26. The first-order valence-corrected chi connectivity index (χ1v) is 11.1. The molecule has 31 heavy (non-hydrogen) atoms. The highest BCUT2D eigenvalue weighted by atomic mass is 32.1. The third-order valence-electron chi connectivity index (χ3n) is 5.19. The van der Waals surface area contributed by atoms with Gasteiger partial charge in [0.1, 0.15) is 5.60 Å². The molecule has 1 aromatic heterocycles. The van der Waals surface area contributed by atoms with E-state index in [9.17, 15) is 14.4 Å². The molecule has 2 aromatic rings. The average Bonchev–Trinajstić information content (AvgIpc) is 3.16. The molecule has 0 spiro atoms. The molecule has 9 heteroatoms. The Morgan fingerprint density at radius 2 is 1.74 bits per heavy atom. The van der Waals surface area contributed by atoms with Crippen LogP contribution in [0, 0.1) is 5.92 Å². The summed E-state index contributed by atoms with van der Waals surface area (Å²) in [5.74, 6) is -0.895. The van der Waals surface area contributed by atoms with Gasteiger partial charge in [-0.25, -0.2) is 4.79 Å². The number of amides is 1. The number of esters is 1. The summed E-state index contributed by atoms with van der Waals surface area (Å²) in [5.41, 5.74) is 1.20. The van der Waals surface area contributed by atoms with Crippen molar-refractivity contribution in [2.24, 2.45) is 5.92 Å². The molecule has 3 rings (SSSR count). The second-order valence-corrected chi connectivity index (χ2v) is 9.78. The minimum absolute atomic E-state index is 0.128. The van der Waals surface area contributed by atoms with E-state index in [0.29, 0.717) is 23.8 Å². The van der Waals surface area contributed by atoms with Crippen molar-refractivity contribution in [3.05, 3.63) is 40.4 Å². The lowest BCUT2D eigenvalue weighted by atomic mass is 9.77. The number of ether oxygens (including phenoxy) is 1. The van der Waals surface area contributed by atoms with Crippen LogP contribution in [0.3, 0.4) is 0 Å². The Kier molecular flexibility index (Phi) is 7.04. The number of nitrogens with zero attached hydrogens (tertiary/aromatic N) is 2. The number of carboxylic acid groups (broad SMARTS) is 1. The van der Waals surface area contributed by atoms with Gasteiger partial charge in [-0.2, -0.15) is 0 Å². The van der Waals surface area contributed by atoms with E-state index in [-0.39, 0.29) is 22.0 Å². The van der Waals surface area contributed by atoms with E-state index in [2.05, 4.69) is 15.5 Å². The smallest absolute Gasteiger partial charge is 0.367 e. The summed E-state index contributed by atoms with van der Waals surface area (Å²) >= 11 is 0.810. The van der Waals surface area contributed by atoms with Crippen LogP contribution in [0.15, 0.2) is 24.3 Å². The SMILES string of the molecule is CC(C)(C)OC(=O)C[C@H]1CC[C@H](c2ccc(C(=O)Nc3nnc(C(=O)O)s3)cc2)CC1. The van der Waals surface area contributed by atoms with Crippen LogP contribution < -0.4 is 5.32 Å². The van der Waals surface area contributed by atoms with Crippen molar-refractivity contribution < 1.29 is 24.2 Å². The Bertz CT molecular complexity index is 941. The van der Waals surface area contributed by atoms with Gasteiger partial charge in [-0.05, 0) is 76.0 Å². The molecule has 1 amide bonds. The van der Waals surface area contributed by atoms with Gasteiger partial charge in [0.15, 0.2) is 0 Å². The molecule has 1 aliphatic rings. The molecule has 0 atom stereocenters. The van der Waals surface area contributed by atoms with Crippen LogP contribution in [0.2, 0.25) is 0 Å². The normalized spacial score (nSPS) is 18.9. The largest absolute Gasteiger partial charge is 0.476 e. The molecule has 0 radical (unpaired) electrons. The third kappa shape index (κ3) is 6.58. The molecule has 1 heterocycles. The number of hydrogen-bond acceptors (Lipinski definition) is 7. The van der Waals surface area contributed by atoms with E-state index in [1.54, 1.807) is 12.1 Å². The fourth-order valence-corrected chi connectivity index (χ4v) is 4.33. The van der Waals surface area contributed by atoms with Crippen LogP contribution in [-0.2, 0) is 9.53 Å². The van der Waals surface area contributed by atoms with Gasteiger partial charge >= 0.3 is 11.9 Å². The molecule has 0 aliphatic heterocycles. The molecule has 166 valence electrons. The van der Waals surface area contributed by atoms with Gasteiger partial charge in [-0.15, -0.1) is 10.2 Å². The number of aromatic carboxylic acids is 1. The lowest BCUT2D eigenvalue weighted by Gasteiger charge is -2.29. The number of hydrogen-bond donors (Lipinski definition) is 2. The van der Waals surface area contributed by atoms with Crippen LogP contribution >= 0.6 is 11.3 Å². The minimum atomic E-state index is -1.18. The molecule has 0 bridgehead atoms. The zero-order chi connectivity index (χ0) is 22.6. The van der Waals surface area contributed by atoms with Crippen molar-refractivity contribution in [1.82, 2.24) is 10.2 Å². The van der Waals surface area contributed by atoms with Crippen molar-refractivity contribution in [1.29, 1.82) is 0 Å². The molecule has 1 aliphatic carbocycles. The molecule has 2 N–H and O–H groups in total. The molecule has 0 saturated heterocycles. The van der Waals surface area contributed by atoms with Crippen LogP contribution in [0.25, 0.3) is 0 Å². The predicted molar refractivity (Wildman–Crippen MR) is 116 cm³/mol. The Morgan fingerprint density at radius 1 is 1.10 bits per heavy atom. The minimum Gasteiger partial charge on any atom is -0.476 e. The zero-order valence-corrected chi connectivity index (χ0v) is 18.7. The van der Waals surface area contributed by atoms with E-state index in [1.807, 2.05) is 32.9 Å². The summed E-state index contributed by atoms with van der Waals surface area (Å²) in [6, 6.07) is 7.43. The molecule has 1 aromatic carbocycles. The predicted octanol–water partition coefficient (Wildman–Crippen LogP) is 4.49. The van der Waals surface area contributed by atoms with Crippen molar-refractivity contribution in [3.8, 4) is 0 Å². The quantitative estimate of drug-likeness (QED) is 0.629. The first kappa shape index (κ1) is 22.9. The monoisotopic (exact) mass is 445 g/mol. The Hall–Kier alpha value is -2.81. The van der Waals surface area contributed by atoms with Crippen molar-refractivity contribution in [2.45, 2.75) is 64.4 Å². The number of carboxylic acids is 1. The molecule has 1 fully saturated rings. The van der Waals surface area contributed by atoms with Crippen molar-refractivity contribution in [2.75, 3.05) is 5.32 Å². The number of aromatic nitrogens is 2. The Balaban J connectivity index is 1.50. The lowest BCUT2D eigenvalue weighted by molar-refractivity contribution is -0.156. The first-order valence-electron chi connectivity index (χ1n) is 10.3. The molecule has 8 nitrogen and oxygen atoms in total. The van der Waals surface area contributed by atoms with Crippen LogP contribution in [0.1, 0.15) is 84.5 Å². The number of carbonyl (C=O) groups is 3. The number of nitrogens with one attached hydrogen (secondary N) is 1. The van der Waals surface area contributed by atoms with Crippen molar-refractivity contribution in [3.63, 3.8) is 0 Å². The molecular formula is C22H27N3O5S. The van der Waals surface area contributed by atoms with Gasteiger partial charge < -0.3 is 9.84 Å². The van der Waals surface area contributed by atoms with Crippen LogP contribution in [0.5, 0.6) is 0 Å². The highest BCUT2D eigenvalue weighted by molar-refractivity contribution is 7.17. The van der Waals surface area contributed by atoms with Crippen LogP contribution in [-0.4, -0.2) is 38.8 Å². The fraction of sp³-hybridized carbons (Fsp3) is 0.500. The summed E-state index contributed by atoms with van der Waals surface area (Å²) in [6.07, 6.45) is 4.44. The van der Waals surface area contributed by atoms with Gasteiger partial charge in [-0.3, -0.25) is 14.9 Å². The van der Waals surface area contributed by atoms with Gasteiger partial charge in [0, 0.05) is 12.0 Å². The summed E-state index contributed by atoms with van der Waals surface area (Å²) < 4.78 is 5.43. The molecular weight excluding hydrogens is 418 g/mol. The third-order valence-corrected chi connectivity index (χ3v) is 6.02. The van der Waals surface area contributed by atoms with Gasteiger partial charge in [0.2, 0.25) is 10.1 Å². The second kappa shape index (κ2) is 9.55. The van der Waals surface area contributed by atoms with E-state index < -0.39 is 11.6 Å². The number of anilines is 1. The highest BCUT2D eigenvalue weighted by Crippen LogP contribution is 2.37. The number of carbonyl (C=O) groups excluding carboxylic acids is 2. The van der Waals surface area contributed by atoms with E-state index in [4.69, 9.17) is 9.84 Å².